The van der Waals surface area contributed by atoms with E-state index >= 15 is 0 Å². The normalized spacial score (nSPS) is 12.4. The quantitative estimate of drug-likeness (QED) is 0.902. The standard InChI is InChI=1S/C15H17ClN2/c1-11-6-5-9-17-15(11)10-18-12(2)13-7-3-4-8-14(13)16/h3-9,12,18H,10H2,1-2H3/t12-/m1/s1. The Bertz CT molecular complexity index is 525. The van der Waals surface area contributed by atoms with Gasteiger partial charge in [0, 0.05) is 23.8 Å². The van der Waals surface area contributed by atoms with Crippen LogP contribution in [0.25, 0.3) is 0 Å². The molecule has 94 valence electrons. The van der Waals surface area contributed by atoms with Crippen molar-refractivity contribution < 1.29 is 0 Å². The first kappa shape index (κ1) is 13.1. The summed E-state index contributed by atoms with van der Waals surface area (Å²) in [6.45, 7) is 4.93. The fourth-order valence-corrected chi connectivity index (χ4v) is 2.19. The van der Waals surface area contributed by atoms with Crippen LogP contribution in [0.3, 0.4) is 0 Å². The Morgan fingerprint density at radius 3 is 2.72 bits per heavy atom. The van der Waals surface area contributed by atoms with Crippen molar-refractivity contribution in [1.29, 1.82) is 0 Å². The van der Waals surface area contributed by atoms with Crippen LogP contribution in [-0.4, -0.2) is 4.98 Å². The van der Waals surface area contributed by atoms with E-state index in [1.165, 1.54) is 5.56 Å². The number of aryl methyl sites for hydroxylation is 1. The molecule has 18 heavy (non-hydrogen) atoms. The average molecular weight is 261 g/mol. The average Bonchev–Trinajstić information content (AvgIpc) is 2.38. The van der Waals surface area contributed by atoms with E-state index in [4.69, 9.17) is 11.6 Å². The summed E-state index contributed by atoms with van der Waals surface area (Å²) in [5.41, 5.74) is 3.40. The molecule has 0 radical (unpaired) electrons. The zero-order chi connectivity index (χ0) is 13.0. The Kier molecular flexibility index (Phi) is 4.34. The summed E-state index contributed by atoms with van der Waals surface area (Å²) in [4.78, 5) is 4.37. The maximum Gasteiger partial charge on any atom is 0.0570 e. The lowest BCUT2D eigenvalue weighted by molar-refractivity contribution is 0.566. The molecular formula is C15H17ClN2. The van der Waals surface area contributed by atoms with Crippen molar-refractivity contribution in [2.75, 3.05) is 0 Å². The van der Waals surface area contributed by atoms with E-state index in [0.717, 1.165) is 22.8 Å². The third-order valence-corrected chi connectivity index (χ3v) is 3.41. The van der Waals surface area contributed by atoms with Gasteiger partial charge < -0.3 is 5.32 Å². The van der Waals surface area contributed by atoms with Crippen molar-refractivity contribution in [3.63, 3.8) is 0 Å². The van der Waals surface area contributed by atoms with Crippen LogP contribution in [-0.2, 0) is 6.54 Å². The van der Waals surface area contributed by atoms with E-state index < -0.39 is 0 Å². The van der Waals surface area contributed by atoms with E-state index in [1.54, 1.807) is 0 Å². The molecule has 0 aliphatic rings. The molecule has 0 aliphatic carbocycles. The molecule has 0 aliphatic heterocycles. The molecule has 1 N–H and O–H groups in total. The molecule has 0 bridgehead atoms. The second-order valence-corrected chi connectivity index (χ2v) is 4.80. The zero-order valence-electron chi connectivity index (χ0n) is 10.7. The van der Waals surface area contributed by atoms with Crippen LogP contribution in [0.5, 0.6) is 0 Å². The highest BCUT2D eigenvalue weighted by molar-refractivity contribution is 6.31. The summed E-state index contributed by atoms with van der Waals surface area (Å²) < 4.78 is 0. The summed E-state index contributed by atoms with van der Waals surface area (Å²) in [5.74, 6) is 0. The van der Waals surface area contributed by atoms with Gasteiger partial charge in [-0.1, -0.05) is 35.9 Å². The highest BCUT2D eigenvalue weighted by Crippen LogP contribution is 2.22. The van der Waals surface area contributed by atoms with Crippen molar-refractivity contribution in [3.8, 4) is 0 Å². The van der Waals surface area contributed by atoms with Crippen molar-refractivity contribution >= 4 is 11.6 Å². The Labute approximate surface area is 113 Å². The molecule has 0 spiro atoms. The molecular weight excluding hydrogens is 244 g/mol. The van der Waals surface area contributed by atoms with Gasteiger partial charge in [-0.25, -0.2) is 0 Å². The molecule has 0 unspecified atom stereocenters. The van der Waals surface area contributed by atoms with Gasteiger partial charge in [0.15, 0.2) is 0 Å². The van der Waals surface area contributed by atoms with Crippen LogP contribution in [0.1, 0.15) is 29.8 Å². The van der Waals surface area contributed by atoms with Crippen molar-refractivity contribution in [2.45, 2.75) is 26.4 Å². The van der Waals surface area contributed by atoms with Gasteiger partial charge in [-0.05, 0) is 37.1 Å². The van der Waals surface area contributed by atoms with E-state index in [-0.39, 0.29) is 6.04 Å². The maximum absolute atomic E-state index is 6.18. The van der Waals surface area contributed by atoms with Crippen LogP contribution in [0.15, 0.2) is 42.6 Å². The number of nitrogens with one attached hydrogen (secondary N) is 1. The molecule has 0 saturated carbocycles. The summed E-state index contributed by atoms with van der Waals surface area (Å²) in [6, 6.07) is 12.2. The maximum atomic E-state index is 6.18. The lowest BCUT2D eigenvalue weighted by Gasteiger charge is -2.16. The fraction of sp³-hybridized carbons (Fsp3) is 0.267. The summed E-state index contributed by atoms with van der Waals surface area (Å²) >= 11 is 6.18. The van der Waals surface area contributed by atoms with Crippen molar-refractivity contribution in [1.82, 2.24) is 10.3 Å². The van der Waals surface area contributed by atoms with Gasteiger partial charge in [-0.2, -0.15) is 0 Å². The molecule has 0 saturated heterocycles. The molecule has 2 aromatic rings. The minimum atomic E-state index is 0.208. The first-order valence-electron chi connectivity index (χ1n) is 6.07. The lowest BCUT2D eigenvalue weighted by atomic mass is 10.1. The number of benzene rings is 1. The minimum absolute atomic E-state index is 0.208. The minimum Gasteiger partial charge on any atom is -0.305 e. The Hall–Kier alpha value is -1.38. The predicted octanol–water partition coefficient (Wildman–Crippen LogP) is 3.89. The number of hydrogen-bond acceptors (Lipinski definition) is 2. The molecule has 0 amide bonds. The smallest absolute Gasteiger partial charge is 0.0570 e. The second kappa shape index (κ2) is 5.98. The van der Waals surface area contributed by atoms with Crippen molar-refractivity contribution in [2.24, 2.45) is 0 Å². The first-order valence-corrected chi connectivity index (χ1v) is 6.44. The van der Waals surface area contributed by atoms with E-state index in [2.05, 4.69) is 30.2 Å². The second-order valence-electron chi connectivity index (χ2n) is 4.39. The number of nitrogens with zero attached hydrogens (tertiary/aromatic N) is 1. The highest BCUT2D eigenvalue weighted by Gasteiger charge is 2.09. The third-order valence-electron chi connectivity index (χ3n) is 3.07. The third kappa shape index (κ3) is 3.09. The summed E-state index contributed by atoms with van der Waals surface area (Å²) in [5, 5.41) is 4.25. The molecule has 1 atom stereocenters. The fourth-order valence-electron chi connectivity index (χ4n) is 1.89. The molecule has 2 nitrogen and oxygen atoms in total. The number of halogens is 1. The highest BCUT2D eigenvalue weighted by atomic mass is 35.5. The number of rotatable bonds is 4. The van der Waals surface area contributed by atoms with Gasteiger partial charge in [0.1, 0.15) is 0 Å². The first-order chi connectivity index (χ1) is 8.68. The van der Waals surface area contributed by atoms with E-state index in [9.17, 15) is 0 Å². The van der Waals surface area contributed by atoms with Gasteiger partial charge in [0.2, 0.25) is 0 Å². The Morgan fingerprint density at radius 2 is 2.00 bits per heavy atom. The van der Waals surface area contributed by atoms with E-state index in [1.807, 2.05) is 36.5 Å². The molecule has 0 fully saturated rings. The van der Waals surface area contributed by atoms with Gasteiger partial charge in [0.05, 0.1) is 5.69 Å². The van der Waals surface area contributed by atoms with E-state index in [0.29, 0.717) is 0 Å². The summed E-state index contributed by atoms with van der Waals surface area (Å²) in [6.07, 6.45) is 1.82. The van der Waals surface area contributed by atoms with Crippen LogP contribution < -0.4 is 5.32 Å². The zero-order valence-corrected chi connectivity index (χ0v) is 11.4. The van der Waals surface area contributed by atoms with Crippen LogP contribution in [0, 0.1) is 6.92 Å². The Balaban J connectivity index is 2.03. The Morgan fingerprint density at radius 1 is 1.22 bits per heavy atom. The van der Waals surface area contributed by atoms with Crippen LogP contribution >= 0.6 is 11.6 Å². The molecule has 1 aromatic carbocycles. The lowest BCUT2D eigenvalue weighted by Crippen LogP contribution is -2.19. The monoisotopic (exact) mass is 260 g/mol. The number of pyridine rings is 1. The van der Waals surface area contributed by atoms with Crippen LogP contribution in [0.2, 0.25) is 5.02 Å². The van der Waals surface area contributed by atoms with Gasteiger partial charge in [-0.15, -0.1) is 0 Å². The topological polar surface area (TPSA) is 24.9 Å². The van der Waals surface area contributed by atoms with Gasteiger partial charge in [0.25, 0.3) is 0 Å². The SMILES string of the molecule is Cc1cccnc1CN[C@H](C)c1ccccc1Cl. The molecule has 3 heteroatoms. The summed E-state index contributed by atoms with van der Waals surface area (Å²) in [7, 11) is 0. The van der Waals surface area contributed by atoms with Crippen LogP contribution in [0.4, 0.5) is 0 Å². The molecule has 2 rings (SSSR count). The number of hydrogen-bond donors (Lipinski definition) is 1. The predicted molar refractivity (Wildman–Crippen MR) is 75.7 cm³/mol. The van der Waals surface area contributed by atoms with Gasteiger partial charge >= 0.3 is 0 Å². The van der Waals surface area contributed by atoms with Crippen molar-refractivity contribution in [3.05, 3.63) is 64.4 Å². The number of aromatic nitrogens is 1. The van der Waals surface area contributed by atoms with Gasteiger partial charge in [-0.3, -0.25) is 4.98 Å². The molecule has 1 aromatic heterocycles. The molecule has 1 heterocycles. The largest absolute Gasteiger partial charge is 0.305 e.